The summed E-state index contributed by atoms with van der Waals surface area (Å²) in [5.41, 5.74) is 1.88. The fraction of sp³-hybridized carbons (Fsp3) is 0.500. The topological polar surface area (TPSA) is 38.1 Å². The minimum atomic E-state index is -0.471. The monoisotopic (exact) mass is 232 g/mol. The highest BCUT2D eigenvalue weighted by molar-refractivity contribution is 5.82. The van der Waals surface area contributed by atoms with Gasteiger partial charge in [-0.2, -0.15) is 5.10 Å². The van der Waals surface area contributed by atoms with Crippen LogP contribution >= 0.6 is 0 Å². The third kappa shape index (κ3) is 2.20. The van der Waals surface area contributed by atoms with Crippen molar-refractivity contribution in [1.82, 2.24) is 9.78 Å². The number of aryl methyl sites for hydroxylation is 1. The van der Waals surface area contributed by atoms with Crippen molar-refractivity contribution in [1.29, 1.82) is 0 Å². The van der Waals surface area contributed by atoms with Gasteiger partial charge in [-0.15, -0.1) is 0 Å². The Balaban J connectivity index is 2.41. The van der Waals surface area contributed by atoms with E-state index in [1.54, 1.807) is 0 Å². The van der Waals surface area contributed by atoms with Gasteiger partial charge in [0.25, 0.3) is 0 Å². The standard InChI is InChI=1S/C14H20N2O/c1-4-7-10(2)14(17)13-11-8-5-6-9-12(11)16(3)15-13/h5-6,8-10,14,17H,4,7H2,1-3H3. The smallest absolute Gasteiger partial charge is 0.101 e. The number of para-hydroxylation sites is 1. The van der Waals surface area contributed by atoms with Gasteiger partial charge >= 0.3 is 0 Å². The molecule has 0 saturated heterocycles. The predicted octanol–water partition coefficient (Wildman–Crippen LogP) is 3.04. The summed E-state index contributed by atoms with van der Waals surface area (Å²) in [5, 5.41) is 15.9. The Kier molecular flexibility index (Phi) is 3.48. The molecular weight excluding hydrogens is 212 g/mol. The molecule has 0 amide bonds. The first-order chi connectivity index (χ1) is 8.15. The van der Waals surface area contributed by atoms with Gasteiger partial charge in [0, 0.05) is 12.4 Å². The number of nitrogens with zero attached hydrogens (tertiary/aromatic N) is 2. The highest BCUT2D eigenvalue weighted by atomic mass is 16.3. The highest BCUT2D eigenvalue weighted by Gasteiger charge is 2.21. The molecule has 0 radical (unpaired) electrons. The number of rotatable bonds is 4. The Hall–Kier alpha value is -1.35. The summed E-state index contributed by atoms with van der Waals surface area (Å²) in [7, 11) is 1.92. The number of aliphatic hydroxyl groups excluding tert-OH is 1. The van der Waals surface area contributed by atoms with Crippen molar-refractivity contribution >= 4 is 10.9 Å². The van der Waals surface area contributed by atoms with E-state index in [4.69, 9.17) is 0 Å². The van der Waals surface area contributed by atoms with Crippen molar-refractivity contribution in [2.24, 2.45) is 13.0 Å². The van der Waals surface area contributed by atoms with Crippen LogP contribution < -0.4 is 0 Å². The van der Waals surface area contributed by atoms with E-state index in [0.29, 0.717) is 0 Å². The molecule has 1 aromatic carbocycles. The summed E-state index contributed by atoms with van der Waals surface area (Å²) in [6.07, 6.45) is 1.63. The highest BCUT2D eigenvalue weighted by Crippen LogP contribution is 2.29. The molecule has 17 heavy (non-hydrogen) atoms. The largest absolute Gasteiger partial charge is 0.386 e. The van der Waals surface area contributed by atoms with Crippen LogP contribution in [0.3, 0.4) is 0 Å². The molecule has 0 bridgehead atoms. The number of aromatic nitrogens is 2. The summed E-state index contributed by atoms with van der Waals surface area (Å²) in [6, 6.07) is 8.04. The first-order valence-corrected chi connectivity index (χ1v) is 6.24. The molecule has 2 atom stereocenters. The Labute approximate surface area is 102 Å². The van der Waals surface area contributed by atoms with Gasteiger partial charge in [0.2, 0.25) is 0 Å². The third-order valence-corrected chi connectivity index (χ3v) is 3.35. The van der Waals surface area contributed by atoms with E-state index in [9.17, 15) is 5.11 Å². The SMILES string of the molecule is CCCC(C)C(O)c1nn(C)c2ccccc12. The van der Waals surface area contributed by atoms with Gasteiger partial charge in [-0.3, -0.25) is 4.68 Å². The Morgan fingerprint density at radius 2 is 2.06 bits per heavy atom. The maximum Gasteiger partial charge on any atom is 0.101 e. The molecule has 0 aliphatic heterocycles. The Morgan fingerprint density at radius 1 is 1.35 bits per heavy atom. The lowest BCUT2D eigenvalue weighted by Crippen LogP contribution is -2.10. The third-order valence-electron chi connectivity index (χ3n) is 3.35. The first-order valence-electron chi connectivity index (χ1n) is 6.24. The second kappa shape index (κ2) is 4.88. The Morgan fingerprint density at radius 3 is 2.76 bits per heavy atom. The van der Waals surface area contributed by atoms with Gasteiger partial charge in [-0.1, -0.05) is 38.5 Å². The van der Waals surface area contributed by atoms with E-state index in [1.165, 1.54) is 0 Å². The zero-order valence-corrected chi connectivity index (χ0v) is 10.7. The van der Waals surface area contributed by atoms with Gasteiger partial charge < -0.3 is 5.11 Å². The number of aliphatic hydroxyl groups is 1. The molecule has 3 nitrogen and oxygen atoms in total. The molecule has 0 spiro atoms. The van der Waals surface area contributed by atoms with Crippen molar-refractivity contribution in [2.45, 2.75) is 32.8 Å². The summed E-state index contributed by atoms with van der Waals surface area (Å²) < 4.78 is 1.84. The number of benzene rings is 1. The Bertz CT molecular complexity index is 504. The van der Waals surface area contributed by atoms with Crippen LogP contribution in [0.1, 0.15) is 38.5 Å². The van der Waals surface area contributed by atoms with Crippen molar-refractivity contribution in [2.75, 3.05) is 0 Å². The lowest BCUT2D eigenvalue weighted by Gasteiger charge is -2.16. The minimum Gasteiger partial charge on any atom is -0.386 e. The molecule has 1 heterocycles. The van der Waals surface area contributed by atoms with Gasteiger partial charge in [-0.25, -0.2) is 0 Å². The number of hydrogen-bond donors (Lipinski definition) is 1. The van der Waals surface area contributed by atoms with Crippen LogP contribution in [0.2, 0.25) is 0 Å². The van der Waals surface area contributed by atoms with E-state index < -0.39 is 6.10 Å². The van der Waals surface area contributed by atoms with Crippen LogP contribution in [-0.2, 0) is 7.05 Å². The summed E-state index contributed by atoms with van der Waals surface area (Å²) in [6.45, 7) is 4.22. The van der Waals surface area contributed by atoms with E-state index in [2.05, 4.69) is 18.9 Å². The maximum atomic E-state index is 10.4. The molecule has 3 heteroatoms. The summed E-state index contributed by atoms with van der Waals surface area (Å²) in [4.78, 5) is 0. The minimum absolute atomic E-state index is 0.248. The van der Waals surface area contributed by atoms with Gasteiger partial charge in [0.1, 0.15) is 6.10 Å². The second-order valence-electron chi connectivity index (χ2n) is 4.74. The molecule has 0 aliphatic rings. The van der Waals surface area contributed by atoms with Crippen LogP contribution in [-0.4, -0.2) is 14.9 Å². The maximum absolute atomic E-state index is 10.4. The number of hydrogen-bond acceptors (Lipinski definition) is 2. The fourth-order valence-electron chi connectivity index (χ4n) is 2.34. The molecule has 0 saturated carbocycles. The zero-order valence-electron chi connectivity index (χ0n) is 10.7. The van der Waals surface area contributed by atoms with Gasteiger partial charge in [0.15, 0.2) is 0 Å². The van der Waals surface area contributed by atoms with Crippen LogP contribution in [0.15, 0.2) is 24.3 Å². The van der Waals surface area contributed by atoms with Gasteiger partial charge in [-0.05, 0) is 18.4 Å². The lowest BCUT2D eigenvalue weighted by molar-refractivity contribution is 0.109. The molecule has 0 fully saturated rings. The van der Waals surface area contributed by atoms with Crippen molar-refractivity contribution in [3.63, 3.8) is 0 Å². The van der Waals surface area contributed by atoms with Crippen LogP contribution in [0.25, 0.3) is 10.9 Å². The predicted molar refractivity (Wildman–Crippen MR) is 69.7 cm³/mol. The van der Waals surface area contributed by atoms with Crippen molar-refractivity contribution in [3.8, 4) is 0 Å². The first kappa shape index (κ1) is 12.1. The molecule has 2 unspecified atom stereocenters. The average molecular weight is 232 g/mol. The zero-order chi connectivity index (χ0) is 12.4. The van der Waals surface area contributed by atoms with Crippen molar-refractivity contribution < 1.29 is 5.11 Å². The average Bonchev–Trinajstić information content (AvgIpc) is 2.67. The quantitative estimate of drug-likeness (QED) is 0.879. The molecule has 2 rings (SSSR count). The van der Waals surface area contributed by atoms with Gasteiger partial charge in [0.05, 0.1) is 11.2 Å². The summed E-state index contributed by atoms with van der Waals surface area (Å²) in [5.74, 6) is 0.248. The van der Waals surface area contributed by atoms with Crippen LogP contribution in [0.4, 0.5) is 0 Å². The second-order valence-corrected chi connectivity index (χ2v) is 4.74. The molecule has 1 aromatic heterocycles. The van der Waals surface area contributed by atoms with Crippen LogP contribution in [0, 0.1) is 5.92 Å². The van der Waals surface area contributed by atoms with E-state index >= 15 is 0 Å². The number of fused-ring (bicyclic) bond motifs is 1. The lowest BCUT2D eigenvalue weighted by atomic mass is 9.95. The summed E-state index contributed by atoms with van der Waals surface area (Å²) >= 11 is 0. The van der Waals surface area contributed by atoms with E-state index in [-0.39, 0.29) is 5.92 Å². The van der Waals surface area contributed by atoms with Crippen molar-refractivity contribution in [3.05, 3.63) is 30.0 Å². The molecule has 0 aliphatic carbocycles. The molecule has 1 N–H and O–H groups in total. The van der Waals surface area contributed by atoms with E-state index in [1.807, 2.05) is 36.0 Å². The van der Waals surface area contributed by atoms with E-state index in [0.717, 1.165) is 29.4 Å². The van der Waals surface area contributed by atoms with Crippen LogP contribution in [0.5, 0.6) is 0 Å². The normalized spacial score (nSPS) is 15.1. The molecule has 2 aromatic rings. The fourth-order valence-corrected chi connectivity index (χ4v) is 2.34. The molecular formula is C14H20N2O. The molecule has 92 valence electrons.